The van der Waals surface area contributed by atoms with Gasteiger partial charge in [0.1, 0.15) is 5.01 Å². The molecule has 1 atom stereocenters. The first kappa shape index (κ1) is 13.8. The van der Waals surface area contributed by atoms with Gasteiger partial charge in [-0.1, -0.05) is 25.5 Å². The monoisotopic (exact) mass is 277 g/mol. The van der Waals surface area contributed by atoms with Gasteiger partial charge in [-0.05, 0) is 25.5 Å². The average molecular weight is 277 g/mol. The fourth-order valence-corrected chi connectivity index (χ4v) is 2.84. The van der Waals surface area contributed by atoms with E-state index in [2.05, 4.69) is 22.5 Å². The first-order chi connectivity index (χ1) is 9.19. The minimum Gasteiger partial charge on any atom is -0.336 e. The van der Waals surface area contributed by atoms with Crippen LogP contribution in [0.4, 0.5) is 4.79 Å². The van der Waals surface area contributed by atoms with Gasteiger partial charge in [0.2, 0.25) is 0 Å². The minimum atomic E-state index is -0.125. The third-order valence-corrected chi connectivity index (χ3v) is 3.87. The molecule has 1 heterocycles. The number of amides is 2. The zero-order valence-electron chi connectivity index (χ0n) is 11.3. The molecule has 0 radical (unpaired) electrons. The summed E-state index contributed by atoms with van der Waals surface area (Å²) in [5.74, 6) is 0. The highest BCUT2D eigenvalue weighted by molar-refractivity contribution is 7.18. The maximum absolute atomic E-state index is 11.7. The summed E-state index contributed by atoms with van der Waals surface area (Å²) in [7, 11) is 0. The summed E-state index contributed by atoms with van der Waals surface area (Å²) in [4.78, 5) is 16.1. The lowest BCUT2D eigenvalue weighted by Crippen LogP contribution is -2.40. The van der Waals surface area contributed by atoms with Crippen molar-refractivity contribution in [3.8, 4) is 0 Å². The fraction of sp³-hybridized carbons (Fsp3) is 0.429. The minimum absolute atomic E-state index is 0.125. The van der Waals surface area contributed by atoms with E-state index in [9.17, 15) is 4.79 Å². The molecule has 0 spiro atoms. The van der Waals surface area contributed by atoms with E-state index in [4.69, 9.17) is 0 Å². The predicted molar refractivity (Wildman–Crippen MR) is 79.4 cm³/mol. The van der Waals surface area contributed by atoms with Gasteiger partial charge in [0.25, 0.3) is 0 Å². The maximum atomic E-state index is 11.7. The Morgan fingerprint density at radius 2 is 2.21 bits per heavy atom. The standard InChI is InChI=1S/C14H19N3OS/c1-3-6-10(2)16-14(18)15-9-13-17-11-7-4-5-8-12(11)19-13/h4-5,7-8,10H,3,6,9H2,1-2H3,(H2,15,16,18). The summed E-state index contributed by atoms with van der Waals surface area (Å²) in [6, 6.07) is 8.08. The fourth-order valence-electron chi connectivity index (χ4n) is 1.93. The molecule has 2 N–H and O–H groups in total. The second-order valence-corrected chi connectivity index (χ2v) is 5.71. The first-order valence-electron chi connectivity index (χ1n) is 6.58. The zero-order chi connectivity index (χ0) is 13.7. The molecule has 2 rings (SSSR count). The van der Waals surface area contributed by atoms with Gasteiger partial charge in [0.05, 0.1) is 16.8 Å². The molecule has 0 aliphatic carbocycles. The highest BCUT2D eigenvalue weighted by atomic mass is 32.1. The molecule has 0 bridgehead atoms. The number of para-hydroxylation sites is 1. The van der Waals surface area contributed by atoms with Gasteiger partial charge >= 0.3 is 6.03 Å². The number of hydrogen-bond acceptors (Lipinski definition) is 3. The molecule has 0 aliphatic heterocycles. The molecule has 19 heavy (non-hydrogen) atoms. The second kappa shape index (κ2) is 6.52. The van der Waals surface area contributed by atoms with Gasteiger partial charge in [-0.15, -0.1) is 11.3 Å². The Morgan fingerprint density at radius 3 is 2.95 bits per heavy atom. The van der Waals surface area contributed by atoms with Crippen molar-refractivity contribution in [2.75, 3.05) is 0 Å². The SMILES string of the molecule is CCCC(C)NC(=O)NCc1nc2ccccc2s1. The summed E-state index contributed by atoms with van der Waals surface area (Å²) in [5, 5.41) is 6.69. The van der Waals surface area contributed by atoms with Gasteiger partial charge in [0, 0.05) is 6.04 Å². The third kappa shape index (κ3) is 3.92. The Bertz CT molecular complexity index is 519. The summed E-state index contributed by atoms with van der Waals surface area (Å²) >= 11 is 1.61. The first-order valence-corrected chi connectivity index (χ1v) is 7.39. The van der Waals surface area contributed by atoms with E-state index in [0.29, 0.717) is 6.54 Å². The molecule has 2 aromatic rings. The van der Waals surface area contributed by atoms with Crippen LogP contribution < -0.4 is 10.6 Å². The number of hydrogen-bond donors (Lipinski definition) is 2. The van der Waals surface area contributed by atoms with Crippen LogP contribution in [0.3, 0.4) is 0 Å². The molecular weight excluding hydrogens is 258 g/mol. The molecule has 2 amide bonds. The highest BCUT2D eigenvalue weighted by Gasteiger charge is 2.07. The zero-order valence-corrected chi connectivity index (χ0v) is 12.1. The molecular formula is C14H19N3OS. The molecule has 0 aliphatic rings. The van der Waals surface area contributed by atoms with Crippen molar-refractivity contribution in [1.29, 1.82) is 0 Å². The topological polar surface area (TPSA) is 54.0 Å². The molecule has 0 saturated carbocycles. The molecule has 0 saturated heterocycles. The maximum Gasteiger partial charge on any atom is 0.315 e. The molecule has 0 fully saturated rings. The number of thiazole rings is 1. The molecule has 1 unspecified atom stereocenters. The number of aromatic nitrogens is 1. The van der Waals surface area contributed by atoms with Crippen LogP contribution in [-0.4, -0.2) is 17.1 Å². The number of nitrogens with one attached hydrogen (secondary N) is 2. The van der Waals surface area contributed by atoms with E-state index in [1.807, 2.05) is 31.2 Å². The Kier molecular flexibility index (Phi) is 4.74. The predicted octanol–water partition coefficient (Wildman–Crippen LogP) is 3.28. The van der Waals surface area contributed by atoms with Crippen molar-refractivity contribution < 1.29 is 4.79 Å². The normalized spacial score (nSPS) is 12.3. The van der Waals surface area contributed by atoms with Gasteiger partial charge < -0.3 is 10.6 Å². The lowest BCUT2D eigenvalue weighted by atomic mass is 10.2. The lowest BCUT2D eigenvalue weighted by Gasteiger charge is -2.12. The van der Waals surface area contributed by atoms with Crippen LogP contribution in [0.1, 0.15) is 31.7 Å². The van der Waals surface area contributed by atoms with Crippen LogP contribution in [0.2, 0.25) is 0 Å². The lowest BCUT2D eigenvalue weighted by molar-refractivity contribution is 0.236. The number of carbonyl (C=O) groups is 1. The molecule has 4 nitrogen and oxygen atoms in total. The van der Waals surface area contributed by atoms with Crippen molar-refractivity contribution in [2.45, 2.75) is 39.3 Å². The van der Waals surface area contributed by atoms with Crippen LogP contribution in [0.15, 0.2) is 24.3 Å². The number of benzene rings is 1. The van der Waals surface area contributed by atoms with Crippen molar-refractivity contribution in [1.82, 2.24) is 15.6 Å². The number of nitrogens with zero attached hydrogens (tertiary/aromatic N) is 1. The van der Waals surface area contributed by atoms with Gasteiger partial charge in [-0.3, -0.25) is 0 Å². The van der Waals surface area contributed by atoms with Gasteiger partial charge in [-0.2, -0.15) is 0 Å². The van der Waals surface area contributed by atoms with Crippen LogP contribution in [-0.2, 0) is 6.54 Å². The van der Waals surface area contributed by atoms with E-state index in [-0.39, 0.29) is 12.1 Å². The molecule has 1 aromatic carbocycles. The Balaban J connectivity index is 1.86. The summed E-state index contributed by atoms with van der Waals surface area (Å²) in [5.41, 5.74) is 0.990. The largest absolute Gasteiger partial charge is 0.336 e. The van der Waals surface area contributed by atoms with Crippen LogP contribution in [0.5, 0.6) is 0 Å². The van der Waals surface area contributed by atoms with E-state index >= 15 is 0 Å². The van der Waals surface area contributed by atoms with Crippen LogP contribution in [0.25, 0.3) is 10.2 Å². The van der Waals surface area contributed by atoms with Crippen molar-refractivity contribution in [3.05, 3.63) is 29.3 Å². The molecule has 102 valence electrons. The Morgan fingerprint density at radius 1 is 1.42 bits per heavy atom. The number of carbonyl (C=O) groups excluding carboxylic acids is 1. The van der Waals surface area contributed by atoms with Crippen molar-refractivity contribution >= 4 is 27.6 Å². The Hall–Kier alpha value is -1.62. The van der Waals surface area contributed by atoms with Gasteiger partial charge in [-0.25, -0.2) is 9.78 Å². The average Bonchev–Trinajstić information content (AvgIpc) is 2.79. The number of fused-ring (bicyclic) bond motifs is 1. The van der Waals surface area contributed by atoms with Crippen molar-refractivity contribution in [3.63, 3.8) is 0 Å². The molecule has 1 aromatic heterocycles. The molecule has 5 heteroatoms. The Labute approximate surface area is 117 Å². The highest BCUT2D eigenvalue weighted by Crippen LogP contribution is 2.21. The second-order valence-electron chi connectivity index (χ2n) is 4.59. The summed E-state index contributed by atoms with van der Waals surface area (Å²) in [6.45, 7) is 4.60. The van der Waals surface area contributed by atoms with E-state index in [0.717, 1.165) is 28.1 Å². The summed E-state index contributed by atoms with van der Waals surface area (Å²) < 4.78 is 1.15. The van der Waals surface area contributed by atoms with E-state index < -0.39 is 0 Å². The smallest absolute Gasteiger partial charge is 0.315 e. The van der Waals surface area contributed by atoms with E-state index in [1.54, 1.807) is 11.3 Å². The van der Waals surface area contributed by atoms with E-state index in [1.165, 1.54) is 0 Å². The number of rotatable bonds is 5. The van der Waals surface area contributed by atoms with Crippen LogP contribution in [0, 0.1) is 0 Å². The van der Waals surface area contributed by atoms with Crippen molar-refractivity contribution in [2.24, 2.45) is 0 Å². The quantitative estimate of drug-likeness (QED) is 0.881. The summed E-state index contributed by atoms with van der Waals surface area (Å²) in [6.07, 6.45) is 2.06. The van der Waals surface area contributed by atoms with Gasteiger partial charge in [0.15, 0.2) is 0 Å². The number of urea groups is 1. The van der Waals surface area contributed by atoms with Crippen LogP contribution >= 0.6 is 11.3 Å². The third-order valence-electron chi connectivity index (χ3n) is 2.84.